The maximum Gasteiger partial charge on any atom is 0.269 e. The van der Waals surface area contributed by atoms with Crippen molar-refractivity contribution in [2.75, 3.05) is 22.7 Å². The first-order chi connectivity index (χ1) is 12.0. The van der Waals surface area contributed by atoms with Gasteiger partial charge in [-0.2, -0.15) is 0 Å². The quantitative estimate of drug-likeness (QED) is 0.651. The lowest BCUT2D eigenvalue weighted by atomic mass is 10.1. The van der Waals surface area contributed by atoms with E-state index in [1.807, 2.05) is 12.1 Å². The minimum absolute atomic E-state index is 0.00783. The number of nitro groups is 1. The zero-order valence-electron chi connectivity index (χ0n) is 13.6. The number of piperidine rings is 1. The number of nitrogens with zero attached hydrogens (tertiary/aromatic N) is 2. The molecule has 25 heavy (non-hydrogen) atoms. The molecule has 3 rings (SSSR count). The van der Waals surface area contributed by atoms with Gasteiger partial charge in [0.1, 0.15) is 0 Å². The number of hydrogen-bond donors (Lipinski definition) is 1. The van der Waals surface area contributed by atoms with E-state index in [0.29, 0.717) is 5.69 Å². The lowest BCUT2D eigenvalue weighted by Gasteiger charge is -2.30. The highest BCUT2D eigenvalue weighted by atomic mass is 32.2. The third kappa shape index (κ3) is 3.90. The van der Waals surface area contributed by atoms with E-state index < -0.39 is 14.9 Å². The summed E-state index contributed by atoms with van der Waals surface area (Å²) in [6, 6.07) is 12.1. The fourth-order valence-corrected chi connectivity index (χ4v) is 4.00. The fraction of sp³-hybridized carbons (Fsp3) is 0.294. The molecule has 1 fully saturated rings. The van der Waals surface area contributed by atoms with Gasteiger partial charge in [0.15, 0.2) is 0 Å². The Morgan fingerprint density at radius 3 is 2.24 bits per heavy atom. The molecule has 0 radical (unpaired) electrons. The van der Waals surface area contributed by atoms with Gasteiger partial charge in [0.05, 0.1) is 21.2 Å². The molecule has 0 bridgehead atoms. The minimum Gasteiger partial charge on any atom is -0.370 e. The summed E-state index contributed by atoms with van der Waals surface area (Å²) in [5.41, 5.74) is 1.23. The average molecular weight is 361 g/mol. The number of rotatable bonds is 5. The summed E-state index contributed by atoms with van der Waals surface area (Å²) in [7, 11) is -3.82. The van der Waals surface area contributed by atoms with Crippen molar-refractivity contribution >= 4 is 27.1 Å². The van der Waals surface area contributed by atoms with Crippen LogP contribution in [0.1, 0.15) is 19.3 Å². The molecular weight excluding hydrogens is 342 g/mol. The molecule has 0 atom stereocenters. The summed E-state index contributed by atoms with van der Waals surface area (Å²) in [4.78, 5) is 12.3. The zero-order chi connectivity index (χ0) is 17.9. The summed E-state index contributed by atoms with van der Waals surface area (Å²) in [5, 5.41) is 10.7. The van der Waals surface area contributed by atoms with E-state index in [-0.39, 0.29) is 10.6 Å². The van der Waals surface area contributed by atoms with Crippen molar-refractivity contribution < 1.29 is 13.3 Å². The number of sulfonamides is 1. The van der Waals surface area contributed by atoms with Gasteiger partial charge in [0.25, 0.3) is 15.7 Å². The lowest BCUT2D eigenvalue weighted by Crippen LogP contribution is -2.30. The van der Waals surface area contributed by atoms with Crippen LogP contribution in [-0.2, 0) is 10.0 Å². The summed E-state index contributed by atoms with van der Waals surface area (Å²) in [6.45, 7) is 1.80. The molecule has 2 aromatic carbocycles. The number of hydrogen-bond acceptors (Lipinski definition) is 5. The Kier molecular flexibility index (Phi) is 4.89. The highest BCUT2D eigenvalue weighted by Crippen LogP contribution is 2.30. The number of nitro benzene ring substituents is 1. The average Bonchev–Trinajstić information content (AvgIpc) is 2.63. The van der Waals surface area contributed by atoms with Crippen molar-refractivity contribution in [2.24, 2.45) is 0 Å². The van der Waals surface area contributed by atoms with Gasteiger partial charge in [-0.1, -0.05) is 12.1 Å². The number of benzene rings is 2. The normalized spacial score (nSPS) is 15.0. The molecule has 132 valence electrons. The van der Waals surface area contributed by atoms with Crippen LogP contribution in [0.4, 0.5) is 17.1 Å². The number of anilines is 2. The molecule has 2 aromatic rings. The van der Waals surface area contributed by atoms with Crippen molar-refractivity contribution in [2.45, 2.75) is 24.2 Å². The van der Waals surface area contributed by atoms with Crippen molar-refractivity contribution in [3.05, 3.63) is 58.6 Å². The lowest BCUT2D eigenvalue weighted by molar-refractivity contribution is -0.384. The van der Waals surface area contributed by atoms with E-state index in [4.69, 9.17) is 0 Å². The van der Waals surface area contributed by atoms with E-state index in [9.17, 15) is 18.5 Å². The molecular formula is C17H19N3O4S. The van der Waals surface area contributed by atoms with E-state index in [1.165, 1.54) is 30.7 Å². The topological polar surface area (TPSA) is 92.5 Å². The SMILES string of the molecule is O=[N+]([O-])c1ccc(S(=O)(=O)Nc2ccccc2N2CCCCC2)cc1. The van der Waals surface area contributed by atoms with Crippen LogP contribution in [0.5, 0.6) is 0 Å². The minimum atomic E-state index is -3.82. The Labute approximate surface area is 146 Å². The monoisotopic (exact) mass is 361 g/mol. The Bertz CT molecular complexity index is 860. The van der Waals surface area contributed by atoms with Gasteiger partial charge in [-0.25, -0.2) is 8.42 Å². The second-order valence-electron chi connectivity index (χ2n) is 5.92. The van der Waals surface area contributed by atoms with Crippen LogP contribution in [0.2, 0.25) is 0 Å². The zero-order valence-corrected chi connectivity index (χ0v) is 14.4. The van der Waals surface area contributed by atoms with Gasteiger partial charge in [-0.05, 0) is 43.5 Å². The molecule has 0 aromatic heterocycles. The molecule has 0 spiro atoms. The van der Waals surface area contributed by atoms with Crippen molar-refractivity contribution in [3.63, 3.8) is 0 Å². The highest BCUT2D eigenvalue weighted by Gasteiger charge is 2.20. The van der Waals surface area contributed by atoms with E-state index in [1.54, 1.807) is 12.1 Å². The third-order valence-corrected chi connectivity index (χ3v) is 5.58. The molecule has 0 saturated carbocycles. The van der Waals surface area contributed by atoms with Crippen LogP contribution < -0.4 is 9.62 Å². The second kappa shape index (κ2) is 7.10. The highest BCUT2D eigenvalue weighted by molar-refractivity contribution is 7.92. The third-order valence-electron chi connectivity index (χ3n) is 4.20. The Hall–Kier alpha value is -2.61. The van der Waals surface area contributed by atoms with Gasteiger partial charge >= 0.3 is 0 Å². The summed E-state index contributed by atoms with van der Waals surface area (Å²) in [6.07, 6.45) is 3.36. The van der Waals surface area contributed by atoms with Crippen molar-refractivity contribution in [1.29, 1.82) is 0 Å². The van der Waals surface area contributed by atoms with Crippen LogP contribution in [0.3, 0.4) is 0 Å². The summed E-state index contributed by atoms with van der Waals surface area (Å²) < 4.78 is 27.8. The van der Waals surface area contributed by atoms with E-state index >= 15 is 0 Å². The van der Waals surface area contributed by atoms with Crippen molar-refractivity contribution in [3.8, 4) is 0 Å². The smallest absolute Gasteiger partial charge is 0.269 e. The summed E-state index contributed by atoms with van der Waals surface area (Å²) in [5.74, 6) is 0. The van der Waals surface area contributed by atoms with Gasteiger partial charge in [0, 0.05) is 25.2 Å². The standard InChI is InChI=1S/C17H19N3O4S/c21-20(22)14-8-10-15(11-9-14)25(23,24)18-16-6-2-3-7-17(16)19-12-4-1-5-13-19/h2-3,6-11,18H,1,4-5,12-13H2. The fourth-order valence-electron chi connectivity index (χ4n) is 2.92. The molecule has 0 aliphatic carbocycles. The van der Waals surface area contributed by atoms with Gasteiger partial charge < -0.3 is 4.90 Å². The predicted molar refractivity (Wildman–Crippen MR) is 96.4 cm³/mol. The largest absolute Gasteiger partial charge is 0.370 e. The van der Waals surface area contributed by atoms with Gasteiger partial charge in [0.2, 0.25) is 0 Å². The van der Waals surface area contributed by atoms with Crippen LogP contribution in [0.25, 0.3) is 0 Å². The maximum absolute atomic E-state index is 12.6. The van der Waals surface area contributed by atoms with Gasteiger partial charge in [-0.3, -0.25) is 14.8 Å². The predicted octanol–water partition coefficient (Wildman–Crippen LogP) is 3.39. The Morgan fingerprint density at radius 1 is 0.960 bits per heavy atom. The number of para-hydroxylation sites is 2. The first kappa shape index (κ1) is 17.2. The van der Waals surface area contributed by atoms with Crippen LogP contribution >= 0.6 is 0 Å². The molecule has 8 heteroatoms. The van der Waals surface area contributed by atoms with Crippen LogP contribution in [0.15, 0.2) is 53.4 Å². The van der Waals surface area contributed by atoms with Crippen LogP contribution in [-0.4, -0.2) is 26.4 Å². The van der Waals surface area contributed by atoms with Crippen LogP contribution in [0, 0.1) is 10.1 Å². The molecule has 1 saturated heterocycles. The molecule has 0 unspecified atom stereocenters. The van der Waals surface area contributed by atoms with E-state index in [2.05, 4.69) is 9.62 Å². The Morgan fingerprint density at radius 2 is 1.60 bits per heavy atom. The molecule has 0 amide bonds. The maximum atomic E-state index is 12.6. The Balaban J connectivity index is 1.87. The molecule has 1 aliphatic rings. The number of nitrogens with one attached hydrogen (secondary N) is 1. The molecule has 1 N–H and O–H groups in total. The van der Waals surface area contributed by atoms with Gasteiger partial charge in [-0.15, -0.1) is 0 Å². The summed E-state index contributed by atoms with van der Waals surface area (Å²) >= 11 is 0. The number of non-ortho nitro benzene ring substituents is 1. The first-order valence-corrected chi connectivity index (χ1v) is 9.57. The second-order valence-corrected chi connectivity index (χ2v) is 7.60. The molecule has 7 nitrogen and oxygen atoms in total. The van der Waals surface area contributed by atoms with Crippen molar-refractivity contribution in [1.82, 2.24) is 0 Å². The molecule has 1 aliphatic heterocycles. The molecule has 1 heterocycles. The van der Waals surface area contributed by atoms with E-state index in [0.717, 1.165) is 31.6 Å². The first-order valence-electron chi connectivity index (χ1n) is 8.09.